The molecule has 0 saturated heterocycles. The molecule has 30 heavy (non-hydrogen) atoms. The Bertz CT molecular complexity index is 1050. The number of rotatable bonds is 6. The SMILES string of the molecule is COc1cccc(NC(=O)c2oc3ccccc3c2NC(=O)CC2CCCCC2)c1. The Morgan fingerprint density at radius 1 is 1.03 bits per heavy atom. The molecule has 2 amide bonds. The highest BCUT2D eigenvalue weighted by atomic mass is 16.5. The Hall–Kier alpha value is -3.28. The van der Waals surface area contributed by atoms with Gasteiger partial charge < -0.3 is 19.8 Å². The van der Waals surface area contributed by atoms with Crippen molar-refractivity contribution in [2.24, 2.45) is 5.92 Å². The molecule has 2 aromatic carbocycles. The Labute approximate surface area is 175 Å². The van der Waals surface area contributed by atoms with E-state index in [1.54, 1.807) is 37.4 Å². The summed E-state index contributed by atoms with van der Waals surface area (Å²) in [5.74, 6) is 0.636. The lowest BCUT2D eigenvalue weighted by atomic mass is 9.87. The van der Waals surface area contributed by atoms with Crippen LogP contribution in [0, 0.1) is 5.92 Å². The summed E-state index contributed by atoms with van der Waals surface area (Å²) in [5.41, 5.74) is 1.56. The predicted octanol–water partition coefficient (Wildman–Crippen LogP) is 5.60. The standard InChI is InChI=1S/C24H26N2O4/c1-29-18-11-7-10-17(15-18)25-24(28)23-22(19-12-5-6-13-20(19)30-23)26-21(27)14-16-8-3-2-4-9-16/h5-7,10-13,15-16H,2-4,8-9,14H2,1H3,(H,25,28)(H,26,27). The number of methoxy groups -OCH3 is 1. The van der Waals surface area contributed by atoms with Gasteiger partial charge in [-0.05, 0) is 43.0 Å². The van der Waals surface area contributed by atoms with Crippen LogP contribution in [0.2, 0.25) is 0 Å². The van der Waals surface area contributed by atoms with Gasteiger partial charge in [0.05, 0.1) is 7.11 Å². The smallest absolute Gasteiger partial charge is 0.293 e. The van der Waals surface area contributed by atoms with E-state index in [4.69, 9.17) is 9.15 Å². The zero-order valence-corrected chi connectivity index (χ0v) is 17.1. The van der Waals surface area contributed by atoms with E-state index in [-0.39, 0.29) is 11.7 Å². The van der Waals surface area contributed by atoms with Crippen molar-refractivity contribution < 1.29 is 18.7 Å². The molecule has 156 valence electrons. The number of ether oxygens (including phenoxy) is 1. The van der Waals surface area contributed by atoms with Crippen LogP contribution in [-0.2, 0) is 4.79 Å². The molecule has 6 heteroatoms. The van der Waals surface area contributed by atoms with Crippen LogP contribution in [0.4, 0.5) is 11.4 Å². The number of nitrogens with one attached hydrogen (secondary N) is 2. The number of furan rings is 1. The fraction of sp³-hybridized carbons (Fsp3) is 0.333. The van der Waals surface area contributed by atoms with Crippen molar-refractivity contribution in [1.82, 2.24) is 0 Å². The lowest BCUT2D eigenvalue weighted by Crippen LogP contribution is -2.20. The fourth-order valence-corrected chi connectivity index (χ4v) is 4.06. The molecule has 1 aromatic heterocycles. The van der Waals surface area contributed by atoms with E-state index in [1.165, 1.54) is 19.3 Å². The van der Waals surface area contributed by atoms with Gasteiger partial charge in [-0.25, -0.2) is 0 Å². The number of anilines is 2. The molecule has 1 aliphatic rings. The summed E-state index contributed by atoms with van der Waals surface area (Å²) in [6, 6.07) is 14.4. The molecule has 0 unspecified atom stereocenters. The molecule has 1 saturated carbocycles. The maximum Gasteiger partial charge on any atom is 0.293 e. The maximum atomic E-state index is 13.0. The number of amides is 2. The highest BCUT2D eigenvalue weighted by Crippen LogP contribution is 2.33. The van der Waals surface area contributed by atoms with E-state index in [0.29, 0.717) is 40.4 Å². The van der Waals surface area contributed by atoms with Gasteiger partial charge in [-0.2, -0.15) is 0 Å². The van der Waals surface area contributed by atoms with Crippen LogP contribution in [0.15, 0.2) is 52.9 Å². The largest absolute Gasteiger partial charge is 0.497 e. The average Bonchev–Trinajstić information content (AvgIpc) is 3.13. The lowest BCUT2D eigenvalue weighted by molar-refractivity contribution is -0.117. The van der Waals surface area contributed by atoms with Gasteiger partial charge in [0, 0.05) is 23.6 Å². The molecule has 6 nitrogen and oxygen atoms in total. The summed E-state index contributed by atoms with van der Waals surface area (Å²) >= 11 is 0. The van der Waals surface area contributed by atoms with Crippen LogP contribution >= 0.6 is 0 Å². The number of carbonyl (C=O) groups excluding carboxylic acids is 2. The minimum absolute atomic E-state index is 0.0797. The van der Waals surface area contributed by atoms with E-state index in [2.05, 4.69) is 10.6 Å². The second kappa shape index (κ2) is 9.03. The van der Waals surface area contributed by atoms with Crippen LogP contribution in [-0.4, -0.2) is 18.9 Å². The Morgan fingerprint density at radius 2 is 1.83 bits per heavy atom. The first kappa shape index (κ1) is 20.0. The lowest BCUT2D eigenvalue weighted by Gasteiger charge is -2.20. The van der Waals surface area contributed by atoms with E-state index >= 15 is 0 Å². The third-order valence-corrected chi connectivity index (χ3v) is 5.59. The van der Waals surface area contributed by atoms with Crippen molar-refractivity contribution in [3.05, 3.63) is 54.3 Å². The number of hydrogen-bond acceptors (Lipinski definition) is 4. The Balaban J connectivity index is 1.57. The molecule has 0 aliphatic heterocycles. The minimum atomic E-state index is -0.424. The molecule has 3 aromatic rings. The molecule has 1 heterocycles. The van der Waals surface area contributed by atoms with Crippen molar-refractivity contribution in [3.63, 3.8) is 0 Å². The molecular formula is C24H26N2O4. The number of fused-ring (bicyclic) bond motifs is 1. The van der Waals surface area contributed by atoms with E-state index in [9.17, 15) is 9.59 Å². The highest BCUT2D eigenvalue weighted by molar-refractivity contribution is 6.14. The molecule has 1 aliphatic carbocycles. The van der Waals surface area contributed by atoms with Crippen LogP contribution in [0.1, 0.15) is 49.1 Å². The second-order valence-electron chi connectivity index (χ2n) is 7.74. The average molecular weight is 406 g/mol. The van der Waals surface area contributed by atoms with Crippen LogP contribution in [0.25, 0.3) is 11.0 Å². The summed E-state index contributed by atoms with van der Waals surface area (Å²) in [7, 11) is 1.57. The van der Waals surface area contributed by atoms with Gasteiger partial charge in [0.1, 0.15) is 17.0 Å². The summed E-state index contributed by atoms with van der Waals surface area (Å²) in [6.45, 7) is 0. The minimum Gasteiger partial charge on any atom is -0.497 e. The van der Waals surface area contributed by atoms with E-state index in [0.717, 1.165) is 12.8 Å². The van der Waals surface area contributed by atoms with Crippen molar-refractivity contribution >= 4 is 34.2 Å². The Kier molecular flexibility index (Phi) is 6.02. The first-order valence-electron chi connectivity index (χ1n) is 10.4. The van der Waals surface area contributed by atoms with Gasteiger partial charge in [0.2, 0.25) is 11.7 Å². The number of para-hydroxylation sites is 1. The number of carbonyl (C=O) groups is 2. The monoisotopic (exact) mass is 406 g/mol. The topological polar surface area (TPSA) is 80.6 Å². The van der Waals surface area contributed by atoms with Crippen LogP contribution in [0.3, 0.4) is 0 Å². The molecule has 4 rings (SSSR count). The molecule has 0 bridgehead atoms. The fourth-order valence-electron chi connectivity index (χ4n) is 4.06. The zero-order chi connectivity index (χ0) is 20.9. The Morgan fingerprint density at radius 3 is 2.63 bits per heavy atom. The predicted molar refractivity (Wildman–Crippen MR) is 117 cm³/mol. The van der Waals surface area contributed by atoms with Gasteiger partial charge in [-0.3, -0.25) is 9.59 Å². The maximum absolute atomic E-state index is 13.0. The molecule has 0 radical (unpaired) electrons. The zero-order valence-electron chi connectivity index (χ0n) is 17.1. The summed E-state index contributed by atoms with van der Waals surface area (Å²) in [4.78, 5) is 25.7. The van der Waals surface area contributed by atoms with Crippen molar-refractivity contribution in [2.45, 2.75) is 38.5 Å². The summed E-state index contributed by atoms with van der Waals surface area (Å²) in [5, 5.41) is 6.49. The molecular weight excluding hydrogens is 380 g/mol. The van der Waals surface area contributed by atoms with Gasteiger partial charge in [0.15, 0.2) is 0 Å². The van der Waals surface area contributed by atoms with Gasteiger partial charge in [-0.1, -0.05) is 37.5 Å². The molecule has 1 fully saturated rings. The third kappa shape index (κ3) is 4.48. The number of hydrogen-bond donors (Lipinski definition) is 2. The molecule has 0 spiro atoms. The van der Waals surface area contributed by atoms with Gasteiger partial charge >= 0.3 is 0 Å². The van der Waals surface area contributed by atoms with Crippen molar-refractivity contribution in [2.75, 3.05) is 17.7 Å². The first-order chi connectivity index (χ1) is 14.6. The van der Waals surface area contributed by atoms with Gasteiger partial charge in [0.25, 0.3) is 5.91 Å². The summed E-state index contributed by atoms with van der Waals surface area (Å²) in [6.07, 6.45) is 6.25. The molecule has 2 N–H and O–H groups in total. The van der Waals surface area contributed by atoms with E-state index < -0.39 is 5.91 Å². The van der Waals surface area contributed by atoms with E-state index in [1.807, 2.05) is 18.2 Å². The second-order valence-corrected chi connectivity index (χ2v) is 7.74. The van der Waals surface area contributed by atoms with Crippen molar-refractivity contribution in [1.29, 1.82) is 0 Å². The van der Waals surface area contributed by atoms with Crippen LogP contribution in [0.5, 0.6) is 5.75 Å². The normalized spacial score (nSPS) is 14.4. The summed E-state index contributed by atoms with van der Waals surface area (Å²) < 4.78 is 11.0. The quantitative estimate of drug-likeness (QED) is 0.558. The first-order valence-corrected chi connectivity index (χ1v) is 10.4. The van der Waals surface area contributed by atoms with Crippen LogP contribution < -0.4 is 15.4 Å². The third-order valence-electron chi connectivity index (χ3n) is 5.59. The number of benzene rings is 2. The van der Waals surface area contributed by atoms with Crippen molar-refractivity contribution in [3.8, 4) is 5.75 Å². The van der Waals surface area contributed by atoms with Gasteiger partial charge in [-0.15, -0.1) is 0 Å². The highest BCUT2D eigenvalue weighted by Gasteiger charge is 2.24. The molecule has 0 atom stereocenters.